The minimum absolute atomic E-state index is 0.472. The maximum atomic E-state index is 5.33. The van der Waals surface area contributed by atoms with Gasteiger partial charge in [-0.25, -0.2) is 15.8 Å². The van der Waals surface area contributed by atoms with Gasteiger partial charge in [0, 0.05) is 24.7 Å². The van der Waals surface area contributed by atoms with Crippen LogP contribution in [0.1, 0.15) is 18.4 Å². The number of aromatic nitrogens is 2. The van der Waals surface area contributed by atoms with Crippen LogP contribution in [0.2, 0.25) is 0 Å². The molecule has 5 nitrogen and oxygen atoms in total. The van der Waals surface area contributed by atoms with Crippen LogP contribution in [-0.2, 0) is 4.74 Å². The van der Waals surface area contributed by atoms with E-state index in [-0.39, 0.29) is 0 Å². The molecule has 0 amide bonds. The van der Waals surface area contributed by atoms with Crippen LogP contribution in [0.4, 0.5) is 5.95 Å². The van der Waals surface area contributed by atoms with Crippen molar-refractivity contribution in [1.29, 1.82) is 0 Å². The van der Waals surface area contributed by atoms with E-state index in [2.05, 4.69) is 15.4 Å². The summed E-state index contributed by atoms with van der Waals surface area (Å²) in [6, 6.07) is 0. The van der Waals surface area contributed by atoms with Crippen LogP contribution in [0.15, 0.2) is 11.2 Å². The van der Waals surface area contributed by atoms with Gasteiger partial charge in [-0.1, -0.05) is 0 Å². The Morgan fingerprint density at radius 2 is 2.25 bits per heavy atom. The Hall–Kier alpha value is -0.850. The molecule has 6 heteroatoms. The monoisotopic (exact) mass is 240 g/mol. The first kappa shape index (κ1) is 11.6. The highest BCUT2D eigenvalue weighted by Crippen LogP contribution is 2.30. The fraction of sp³-hybridized carbons (Fsp3) is 0.600. The second kappa shape index (κ2) is 5.47. The molecule has 1 saturated heterocycles. The van der Waals surface area contributed by atoms with Crippen LogP contribution in [0.25, 0.3) is 0 Å². The average molecular weight is 240 g/mol. The summed E-state index contributed by atoms with van der Waals surface area (Å²) in [5.41, 5.74) is 3.56. The van der Waals surface area contributed by atoms with E-state index in [1.165, 1.54) is 0 Å². The summed E-state index contributed by atoms with van der Waals surface area (Å²) >= 11 is 1.79. The number of hydrazine groups is 1. The molecule has 2 heterocycles. The number of aryl methyl sites for hydroxylation is 1. The second-order valence-corrected chi connectivity index (χ2v) is 5.04. The third-order valence-corrected chi connectivity index (χ3v) is 3.94. The van der Waals surface area contributed by atoms with Crippen LogP contribution in [0.5, 0.6) is 0 Å². The lowest BCUT2D eigenvalue weighted by Crippen LogP contribution is -2.18. The molecule has 0 radical (unpaired) electrons. The standard InChI is InChI=1S/C10H16N4OS/c1-7-6-12-10(14-11)13-9(7)16-8-2-4-15-5-3-8/h6,8H,2-5,11H2,1H3,(H,12,13,14). The van der Waals surface area contributed by atoms with Gasteiger partial charge in [0.05, 0.1) is 0 Å². The molecule has 0 aromatic carbocycles. The zero-order valence-corrected chi connectivity index (χ0v) is 10.1. The molecule has 1 aromatic rings. The van der Waals surface area contributed by atoms with Crippen molar-refractivity contribution in [3.05, 3.63) is 11.8 Å². The van der Waals surface area contributed by atoms with Gasteiger partial charge in [0.2, 0.25) is 5.95 Å². The quantitative estimate of drug-likeness (QED) is 0.472. The van der Waals surface area contributed by atoms with E-state index in [0.29, 0.717) is 11.2 Å². The van der Waals surface area contributed by atoms with Crippen molar-refractivity contribution in [2.45, 2.75) is 30.0 Å². The van der Waals surface area contributed by atoms with Gasteiger partial charge < -0.3 is 4.74 Å². The normalized spacial score (nSPS) is 17.4. The lowest BCUT2D eigenvalue weighted by atomic mass is 10.2. The molecule has 0 atom stereocenters. The Balaban J connectivity index is 2.06. The largest absolute Gasteiger partial charge is 0.381 e. The fourth-order valence-corrected chi connectivity index (χ4v) is 2.69. The molecule has 1 aliphatic heterocycles. The van der Waals surface area contributed by atoms with E-state index in [1.54, 1.807) is 18.0 Å². The van der Waals surface area contributed by atoms with E-state index in [4.69, 9.17) is 10.6 Å². The number of ether oxygens (including phenoxy) is 1. The maximum Gasteiger partial charge on any atom is 0.238 e. The number of nitrogens with one attached hydrogen (secondary N) is 1. The lowest BCUT2D eigenvalue weighted by molar-refractivity contribution is 0.1000. The van der Waals surface area contributed by atoms with Gasteiger partial charge in [0.25, 0.3) is 0 Å². The molecule has 1 fully saturated rings. The van der Waals surface area contributed by atoms with Crippen molar-refractivity contribution in [3.63, 3.8) is 0 Å². The van der Waals surface area contributed by atoms with Gasteiger partial charge in [-0.2, -0.15) is 0 Å². The van der Waals surface area contributed by atoms with Crippen LogP contribution in [-0.4, -0.2) is 28.4 Å². The fourth-order valence-electron chi connectivity index (χ4n) is 1.57. The Morgan fingerprint density at radius 1 is 1.50 bits per heavy atom. The van der Waals surface area contributed by atoms with Crippen molar-refractivity contribution in [1.82, 2.24) is 9.97 Å². The highest BCUT2D eigenvalue weighted by molar-refractivity contribution is 7.99. The van der Waals surface area contributed by atoms with Crippen LogP contribution < -0.4 is 11.3 Å². The second-order valence-electron chi connectivity index (χ2n) is 3.76. The number of nitrogens with two attached hydrogens (primary N) is 1. The maximum absolute atomic E-state index is 5.33. The molecule has 3 N–H and O–H groups in total. The smallest absolute Gasteiger partial charge is 0.238 e. The van der Waals surface area contributed by atoms with Crippen molar-refractivity contribution < 1.29 is 4.74 Å². The van der Waals surface area contributed by atoms with Crippen molar-refractivity contribution in [2.24, 2.45) is 5.84 Å². The summed E-state index contributed by atoms with van der Waals surface area (Å²) in [6.07, 6.45) is 3.96. The van der Waals surface area contributed by atoms with Crippen LogP contribution in [0, 0.1) is 6.92 Å². The summed E-state index contributed by atoms with van der Waals surface area (Å²) in [4.78, 5) is 8.43. The summed E-state index contributed by atoms with van der Waals surface area (Å²) in [5, 5.41) is 1.60. The van der Waals surface area contributed by atoms with Gasteiger partial charge in [0.1, 0.15) is 5.03 Å². The molecule has 0 aliphatic carbocycles. The third kappa shape index (κ3) is 2.84. The first-order valence-electron chi connectivity index (χ1n) is 5.34. The molecular formula is C10H16N4OS. The SMILES string of the molecule is Cc1cnc(NN)nc1SC1CCOCC1. The average Bonchev–Trinajstić information content (AvgIpc) is 2.33. The first-order chi connectivity index (χ1) is 7.79. The zero-order valence-electron chi connectivity index (χ0n) is 9.27. The number of nitrogens with zero attached hydrogens (tertiary/aromatic N) is 2. The van der Waals surface area contributed by atoms with Gasteiger partial charge in [0.15, 0.2) is 0 Å². The summed E-state index contributed by atoms with van der Waals surface area (Å²) < 4.78 is 5.33. The van der Waals surface area contributed by atoms with E-state index >= 15 is 0 Å². The number of rotatable bonds is 3. The number of hydrogen-bond donors (Lipinski definition) is 2. The number of anilines is 1. The first-order valence-corrected chi connectivity index (χ1v) is 6.22. The van der Waals surface area contributed by atoms with E-state index in [0.717, 1.165) is 36.6 Å². The summed E-state index contributed by atoms with van der Waals surface area (Å²) in [6.45, 7) is 3.72. The van der Waals surface area contributed by atoms with Gasteiger partial charge in [-0.3, -0.25) is 5.43 Å². The summed E-state index contributed by atoms with van der Waals surface area (Å²) in [7, 11) is 0. The predicted molar refractivity (Wildman–Crippen MR) is 64.3 cm³/mol. The number of thioether (sulfide) groups is 1. The van der Waals surface area contributed by atoms with E-state index < -0.39 is 0 Å². The third-order valence-electron chi connectivity index (χ3n) is 2.50. The molecule has 0 unspecified atom stereocenters. The number of hydrogen-bond acceptors (Lipinski definition) is 6. The molecule has 88 valence electrons. The van der Waals surface area contributed by atoms with Crippen molar-refractivity contribution in [2.75, 3.05) is 18.6 Å². The zero-order chi connectivity index (χ0) is 11.4. The Morgan fingerprint density at radius 3 is 2.94 bits per heavy atom. The molecule has 16 heavy (non-hydrogen) atoms. The van der Waals surface area contributed by atoms with Crippen molar-refractivity contribution in [3.8, 4) is 0 Å². The number of nitrogen functional groups attached to an aromatic ring is 1. The van der Waals surface area contributed by atoms with Gasteiger partial charge in [-0.05, 0) is 25.3 Å². The Bertz CT molecular complexity index is 355. The summed E-state index contributed by atoms with van der Waals surface area (Å²) in [5.74, 6) is 5.77. The molecule has 0 spiro atoms. The van der Waals surface area contributed by atoms with E-state index in [1.807, 2.05) is 6.92 Å². The van der Waals surface area contributed by atoms with Crippen LogP contribution >= 0.6 is 11.8 Å². The molecule has 0 saturated carbocycles. The van der Waals surface area contributed by atoms with Crippen LogP contribution in [0.3, 0.4) is 0 Å². The van der Waals surface area contributed by atoms with E-state index in [9.17, 15) is 0 Å². The Labute approximate surface area is 99.2 Å². The minimum Gasteiger partial charge on any atom is -0.381 e. The molecule has 1 aliphatic rings. The topological polar surface area (TPSA) is 73.1 Å². The highest BCUT2D eigenvalue weighted by Gasteiger charge is 2.17. The molecular weight excluding hydrogens is 224 g/mol. The molecule has 0 bridgehead atoms. The molecule has 1 aromatic heterocycles. The van der Waals surface area contributed by atoms with Gasteiger partial charge >= 0.3 is 0 Å². The Kier molecular flexibility index (Phi) is 3.98. The predicted octanol–water partition coefficient (Wildman–Crippen LogP) is 1.34. The minimum atomic E-state index is 0.472. The lowest BCUT2D eigenvalue weighted by Gasteiger charge is -2.21. The molecule has 2 rings (SSSR count). The van der Waals surface area contributed by atoms with Crippen molar-refractivity contribution >= 4 is 17.7 Å². The van der Waals surface area contributed by atoms with Gasteiger partial charge in [-0.15, -0.1) is 11.8 Å². The highest BCUT2D eigenvalue weighted by atomic mass is 32.2.